The SMILES string of the molecule is CCCCCCCCC(C(=O)O)C(CCCCCCCC)(C(=O)OC)S(=O)(=O)O. The zero-order chi connectivity index (χ0) is 22.3. The van der Waals surface area contributed by atoms with Gasteiger partial charge in [-0.15, -0.1) is 0 Å². The molecule has 0 amide bonds. The minimum atomic E-state index is -4.99. The standard InChI is InChI=1S/C21H40O7S/c1-4-6-8-10-12-14-16-18(19(22)23)21(20(24)28-3,29(25,26)27)17-15-13-11-9-7-5-2/h18H,4-17H2,1-3H3,(H,22,23)(H,25,26,27). The Kier molecular flexibility index (Phi) is 14.2. The van der Waals surface area contributed by atoms with Crippen LogP contribution < -0.4 is 0 Å². The lowest BCUT2D eigenvalue weighted by molar-refractivity contribution is -0.154. The fourth-order valence-corrected chi connectivity index (χ4v) is 5.13. The lowest BCUT2D eigenvalue weighted by Gasteiger charge is -2.33. The molecule has 0 aliphatic heterocycles. The molecular weight excluding hydrogens is 396 g/mol. The van der Waals surface area contributed by atoms with Gasteiger partial charge in [0.2, 0.25) is 4.75 Å². The Morgan fingerprint density at radius 1 is 0.862 bits per heavy atom. The van der Waals surface area contributed by atoms with Crippen molar-refractivity contribution in [3.05, 3.63) is 0 Å². The van der Waals surface area contributed by atoms with E-state index in [4.69, 9.17) is 0 Å². The molecule has 0 radical (unpaired) electrons. The molecule has 0 aliphatic carbocycles. The van der Waals surface area contributed by atoms with E-state index in [2.05, 4.69) is 18.6 Å². The first kappa shape index (κ1) is 27.8. The molecule has 0 aromatic heterocycles. The molecule has 0 bridgehead atoms. The fraction of sp³-hybridized carbons (Fsp3) is 0.905. The second-order valence-corrected chi connectivity index (χ2v) is 9.50. The Hall–Kier alpha value is -1.15. The predicted octanol–water partition coefficient (Wildman–Crippen LogP) is 4.99. The molecule has 0 spiro atoms. The third-order valence-corrected chi connectivity index (χ3v) is 7.18. The van der Waals surface area contributed by atoms with Crippen molar-refractivity contribution in [2.45, 2.75) is 108 Å². The first-order valence-electron chi connectivity index (χ1n) is 11.0. The summed E-state index contributed by atoms with van der Waals surface area (Å²) in [5.74, 6) is -4.12. The highest BCUT2D eigenvalue weighted by molar-refractivity contribution is 7.88. The number of carbonyl (C=O) groups is 2. The van der Waals surface area contributed by atoms with Crippen LogP contribution in [0.4, 0.5) is 0 Å². The highest BCUT2D eigenvalue weighted by Gasteiger charge is 2.59. The van der Waals surface area contributed by atoms with E-state index in [0.29, 0.717) is 19.3 Å². The summed E-state index contributed by atoms with van der Waals surface area (Å²) in [4.78, 5) is 24.5. The predicted molar refractivity (Wildman–Crippen MR) is 113 cm³/mol. The Morgan fingerprint density at radius 2 is 1.31 bits per heavy atom. The fourth-order valence-electron chi connectivity index (χ4n) is 3.86. The zero-order valence-electron chi connectivity index (χ0n) is 18.3. The molecule has 2 unspecified atom stereocenters. The van der Waals surface area contributed by atoms with E-state index in [1.54, 1.807) is 0 Å². The number of carboxylic acids is 1. The number of unbranched alkanes of at least 4 members (excludes halogenated alkanes) is 10. The number of carbonyl (C=O) groups excluding carboxylic acids is 1. The summed E-state index contributed by atoms with van der Waals surface area (Å²) in [6.45, 7) is 4.18. The minimum Gasteiger partial charge on any atom is -0.481 e. The van der Waals surface area contributed by atoms with Gasteiger partial charge in [-0.05, 0) is 12.8 Å². The van der Waals surface area contributed by atoms with Crippen LogP contribution in [0.3, 0.4) is 0 Å². The molecule has 0 heterocycles. The Labute approximate surface area is 176 Å². The average molecular weight is 437 g/mol. The number of hydrogen-bond acceptors (Lipinski definition) is 5. The average Bonchev–Trinajstić information content (AvgIpc) is 2.66. The topological polar surface area (TPSA) is 118 Å². The van der Waals surface area contributed by atoms with Crippen LogP contribution in [-0.4, -0.2) is 41.9 Å². The molecule has 0 saturated heterocycles. The molecule has 0 fully saturated rings. The van der Waals surface area contributed by atoms with E-state index >= 15 is 0 Å². The molecule has 7 nitrogen and oxygen atoms in total. The van der Waals surface area contributed by atoms with Crippen molar-refractivity contribution < 1.29 is 32.4 Å². The zero-order valence-corrected chi connectivity index (χ0v) is 19.1. The van der Waals surface area contributed by atoms with E-state index in [9.17, 15) is 27.7 Å². The number of hydrogen-bond donors (Lipinski definition) is 2. The van der Waals surface area contributed by atoms with Gasteiger partial charge in [-0.3, -0.25) is 14.1 Å². The van der Waals surface area contributed by atoms with E-state index in [1.807, 2.05) is 0 Å². The highest BCUT2D eigenvalue weighted by atomic mass is 32.2. The summed E-state index contributed by atoms with van der Waals surface area (Å²) >= 11 is 0. The number of carboxylic acid groups (broad SMARTS) is 1. The van der Waals surface area contributed by atoms with Gasteiger partial charge < -0.3 is 9.84 Å². The van der Waals surface area contributed by atoms with Crippen molar-refractivity contribution >= 4 is 22.1 Å². The quantitative estimate of drug-likeness (QED) is 0.176. The summed E-state index contributed by atoms with van der Waals surface area (Å²) in [5, 5.41) is 9.75. The van der Waals surface area contributed by atoms with Crippen molar-refractivity contribution in [1.82, 2.24) is 0 Å². The van der Waals surface area contributed by atoms with Crippen molar-refractivity contribution in [2.75, 3.05) is 7.11 Å². The van der Waals surface area contributed by atoms with Crippen molar-refractivity contribution in [3.8, 4) is 0 Å². The van der Waals surface area contributed by atoms with Gasteiger partial charge in [-0.25, -0.2) is 0 Å². The largest absolute Gasteiger partial charge is 0.481 e. The van der Waals surface area contributed by atoms with Crippen LogP contribution in [0.1, 0.15) is 104 Å². The molecule has 8 heteroatoms. The summed E-state index contributed by atoms with van der Waals surface area (Å²) < 4.78 is 36.9. The van der Waals surface area contributed by atoms with Crippen LogP contribution >= 0.6 is 0 Å². The van der Waals surface area contributed by atoms with Crippen LogP contribution in [0.2, 0.25) is 0 Å². The third-order valence-electron chi connectivity index (χ3n) is 5.60. The van der Waals surface area contributed by atoms with Gasteiger partial charge in [0.25, 0.3) is 10.1 Å². The Balaban J connectivity index is 5.41. The summed E-state index contributed by atoms with van der Waals surface area (Å²) in [6, 6.07) is 0. The van der Waals surface area contributed by atoms with Gasteiger partial charge in [0, 0.05) is 0 Å². The smallest absolute Gasteiger partial charge is 0.330 e. The van der Waals surface area contributed by atoms with Crippen LogP contribution in [0.5, 0.6) is 0 Å². The van der Waals surface area contributed by atoms with E-state index < -0.39 is 32.7 Å². The van der Waals surface area contributed by atoms with Gasteiger partial charge in [-0.1, -0.05) is 90.9 Å². The second-order valence-electron chi connectivity index (χ2n) is 7.82. The summed E-state index contributed by atoms with van der Waals surface area (Å²) in [7, 11) is -3.97. The summed E-state index contributed by atoms with van der Waals surface area (Å²) in [5.41, 5.74) is 0. The minimum absolute atomic E-state index is 0.00613. The molecule has 0 aliphatic rings. The number of ether oxygens (including phenoxy) is 1. The number of esters is 1. The molecule has 29 heavy (non-hydrogen) atoms. The second kappa shape index (κ2) is 14.8. The number of aliphatic carboxylic acids is 1. The van der Waals surface area contributed by atoms with Crippen molar-refractivity contribution in [3.63, 3.8) is 0 Å². The molecule has 0 aromatic carbocycles. The van der Waals surface area contributed by atoms with Crippen molar-refractivity contribution in [2.24, 2.45) is 5.92 Å². The monoisotopic (exact) mass is 436 g/mol. The number of rotatable bonds is 18. The molecule has 0 rings (SSSR count). The molecule has 2 atom stereocenters. The maximum atomic E-state index is 12.5. The van der Waals surface area contributed by atoms with E-state index in [1.165, 1.54) is 0 Å². The van der Waals surface area contributed by atoms with E-state index in [0.717, 1.165) is 64.9 Å². The molecule has 172 valence electrons. The molecule has 2 N–H and O–H groups in total. The van der Waals surface area contributed by atoms with Crippen LogP contribution in [0.25, 0.3) is 0 Å². The summed E-state index contributed by atoms with van der Waals surface area (Å²) in [6.07, 6.45) is 10.1. The first-order valence-corrected chi connectivity index (χ1v) is 12.4. The third kappa shape index (κ3) is 9.03. The van der Waals surface area contributed by atoms with Crippen molar-refractivity contribution in [1.29, 1.82) is 0 Å². The Bertz CT molecular complexity index is 574. The van der Waals surface area contributed by atoms with Gasteiger partial charge in [0.1, 0.15) is 0 Å². The molecule has 0 aromatic rings. The number of methoxy groups -OCH3 is 1. The van der Waals surface area contributed by atoms with Gasteiger partial charge in [-0.2, -0.15) is 8.42 Å². The molecular formula is C21H40O7S. The Morgan fingerprint density at radius 3 is 1.72 bits per heavy atom. The lowest BCUT2D eigenvalue weighted by Crippen LogP contribution is -2.55. The highest BCUT2D eigenvalue weighted by Crippen LogP contribution is 2.37. The van der Waals surface area contributed by atoms with Crippen LogP contribution in [0, 0.1) is 5.92 Å². The van der Waals surface area contributed by atoms with Gasteiger partial charge in [0.15, 0.2) is 0 Å². The molecule has 0 saturated carbocycles. The first-order chi connectivity index (χ1) is 13.7. The van der Waals surface area contributed by atoms with Gasteiger partial charge >= 0.3 is 11.9 Å². The van der Waals surface area contributed by atoms with Crippen LogP contribution in [-0.2, 0) is 24.4 Å². The normalized spacial score (nSPS) is 14.9. The van der Waals surface area contributed by atoms with Gasteiger partial charge in [0.05, 0.1) is 13.0 Å². The van der Waals surface area contributed by atoms with E-state index in [-0.39, 0.29) is 12.8 Å². The lowest BCUT2D eigenvalue weighted by atomic mass is 9.82. The maximum Gasteiger partial charge on any atom is 0.330 e. The van der Waals surface area contributed by atoms with Crippen LogP contribution in [0.15, 0.2) is 0 Å². The maximum absolute atomic E-state index is 12.5.